The maximum absolute atomic E-state index is 12.2. The molecule has 0 heterocycles. The van der Waals surface area contributed by atoms with E-state index < -0.39 is 10.0 Å². The number of sulfonamides is 1. The molecule has 6 heteroatoms. The monoisotopic (exact) mass is 291 g/mol. The maximum Gasteiger partial charge on any atom is 0.305 e. The Morgan fingerprint density at radius 1 is 1.32 bits per heavy atom. The van der Waals surface area contributed by atoms with Crippen molar-refractivity contribution in [2.24, 2.45) is 5.92 Å². The van der Waals surface area contributed by atoms with Crippen LogP contribution in [0.15, 0.2) is 0 Å². The smallest absolute Gasteiger partial charge is 0.305 e. The Kier molecular flexibility index (Phi) is 6.26. The zero-order chi connectivity index (χ0) is 14.5. The van der Waals surface area contributed by atoms with E-state index in [1.54, 1.807) is 7.05 Å². The van der Waals surface area contributed by atoms with Gasteiger partial charge in [0.25, 0.3) is 0 Å². The second-order valence-electron chi connectivity index (χ2n) is 5.34. The van der Waals surface area contributed by atoms with Gasteiger partial charge in [-0.3, -0.25) is 4.79 Å². The van der Waals surface area contributed by atoms with E-state index in [0.29, 0.717) is 12.3 Å². The normalized spacial score (nSPS) is 24.4. The molecule has 0 aromatic carbocycles. The lowest BCUT2D eigenvalue weighted by molar-refractivity contribution is -0.140. The van der Waals surface area contributed by atoms with Crippen molar-refractivity contribution in [2.75, 3.05) is 19.9 Å². The van der Waals surface area contributed by atoms with E-state index in [0.717, 1.165) is 19.3 Å². The zero-order valence-electron chi connectivity index (χ0n) is 12.1. The third-order valence-corrected chi connectivity index (χ3v) is 5.94. The predicted molar refractivity (Wildman–Crippen MR) is 74.2 cm³/mol. The molecule has 2 atom stereocenters. The van der Waals surface area contributed by atoms with Crippen molar-refractivity contribution in [3.05, 3.63) is 0 Å². The highest BCUT2D eigenvalue weighted by Gasteiger charge is 2.31. The molecule has 0 radical (unpaired) electrons. The van der Waals surface area contributed by atoms with Gasteiger partial charge >= 0.3 is 5.97 Å². The quantitative estimate of drug-likeness (QED) is 0.700. The van der Waals surface area contributed by atoms with Gasteiger partial charge in [-0.2, -0.15) is 0 Å². The van der Waals surface area contributed by atoms with Gasteiger partial charge in [0.2, 0.25) is 10.0 Å². The third kappa shape index (κ3) is 4.76. The number of nitrogens with zero attached hydrogens (tertiary/aromatic N) is 1. The van der Waals surface area contributed by atoms with Crippen LogP contribution in [-0.2, 0) is 19.6 Å². The topological polar surface area (TPSA) is 63.7 Å². The van der Waals surface area contributed by atoms with Crippen LogP contribution >= 0.6 is 0 Å². The molecule has 0 N–H and O–H groups in total. The van der Waals surface area contributed by atoms with Crippen molar-refractivity contribution in [3.63, 3.8) is 0 Å². The van der Waals surface area contributed by atoms with Crippen LogP contribution in [0.25, 0.3) is 0 Å². The number of hydrogen-bond donors (Lipinski definition) is 0. The van der Waals surface area contributed by atoms with E-state index >= 15 is 0 Å². The van der Waals surface area contributed by atoms with Crippen LogP contribution in [-0.4, -0.2) is 44.6 Å². The summed E-state index contributed by atoms with van der Waals surface area (Å²) in [5.74, 6) is 0.0694. The average Bonchev–Trinajstić information content (AvgIpc) is 2.38. The summed E-state index contributed by atoms with van der Waals surface area (Å²) in [5.41, 5.74) is 0. The lowest BCUT2D eigenvalue weighted by atomic mass is 9.86. The van der Waals surface area contributed by atoms with Crippen LogP contribution in [0.5, 0.6) is 0 Å². The van der Waals surface area contributed by atoms with Gasteiger partial charge in [0.1, 0.15) is 0 Å². The Labute approximate surface area is 116 Å². The van der Waals surface area contributed by atoms with E-state index in [1.807, 2.05) is 0 Å². The van der Waals surface area contributed by atoms with Crippen molar-refractivity contribution in [2.45, 2.75) is 51.5 Å². The third-order valence-electron chi connectivity index (χ3n) is 3.98. The van der Waals surface area contributed by atoms with Gasteiger partial charge in [0.15, 0.2) is 0 Å². The van der Waals surface area contributed by atoms with Gasteiger partial charge in [0.05, 0.1) is 12.9 Å². The second kappa shape index (κ2) is 7.24. The standard InChI is InChI=1S/C13H25NO4S/c1-11-7-4-5-8-12(11)14(2)19(16,17)10-6-9-13(15)18-3/h11-12H,4-10H2,1-3H3. The molecule has 0 spiro atoms. The summed E-state index contributed by atoms with van der Waals surface area (Å²) in [4.78, 5) is 11.0. The molecule has 1 rings (SSSR count). The van der Waals surface area contributed by atoms with Gasteiger partial charge in [-0.1, -0.05) is 19.8 Å². The van der Waals surface area contributed by atoms with Crippen LogP contribution < -0.4 is 0 Å². The van der Waals surface area contributed by atoms with Crippen molar-refractivity contribution in [1.82, 2.24) is 4.31 Å². The largest absolute Gasteiger partial charge is 0.469 e. The van der Waals surface area contributed by atoms with E-state index in [9.17, 15) is 13.2 Å². The van der Waals surface area contributed by atoms with Crippen molar-refractivity contribution < 1.29 is 17.9 Å². The molecule has 0 aromatic rings. The first-order chi connectivity index (χ1) is 8.88. The van der Waals surface area contributed by atoms with Crippen LogP contribution in [0.1, 0.15) is 45.4 Å². The lowest BCUT2D eigenvalue weighted by Crippen LogP contribution is -2.43. The number of esters is 1. The number of methoxy groups -OCH3 is 1. The highest BCUT2D eigenvalue weighted by atomic mass is 32.2. The van der Waals surface area contributed by atoms with Gasteiger partial charge in [-0.25, -0.2) is 12.7 Å². The molecule has 112 valence electrons. The molecule has 0 bridgehead atoms. The average molecular weight is 291 g/mol. The molecular weight excluding hydrogens is 266 g/mol. The fourth-order valence-electron chi connectivity index (χ4n) is 2.69. The molecule has 19 heavy (non-hydrogen) atoms. The van der Waals surface area contributed by atoms with Crippen LogP contribution in [0.2, 0.25) is 0 Å². The van der Waals surface area contributed by atoms with Crippen molar-refractivity contribution >= 4 is 16.0 Å². The highest BCUT2D eigenvalue weighted by molar-refractivity contribution is 7.89. The minimum atomic E-state index is -3.27. The Balaban J connectivity index is 2.53. The number of hydrogen-bond acceptors (Lipinski definition) is 4. The maximum atomic E-state index is 12.2. The molecular formula is C13H25NO4S. The molecule has 1 fully saturated rings. The minimum Gasteiger partial charge on any atom is -0.469 e. The second-order valence-corrected chi connectivity index (χ2v) is 7.49. The fraction of sp³-hybridized carbons (Fsp3) is 0.923. The van der Waals surface area contributed by atoms with E-state index in [2.05, 4.69) is 11.7 Å². The van der Waals surface area contributed by atoms with E-state index in [1.165, 1.54) is 17.8 Å². The van der Waals surface area contributed by atoms with E-state index in [-0.39, 0.29) is 24.2 Å². The first kappa shape index (κ1) is 16.4. The van der Waals surface area contributed by atoms with Crippen LogP contribution in [0, 0.1) is 5.92 Å². The molecule has 0 amide bonds. The number of rotatable bonds is 6. The Morgan fingerprint density at radius 3 is 2.53 bits per heavy atom. The summed E-state index contributed by atoms with van der Waals surface area (Å²) in [7, 11) is -0.292. The molecule has 0 aromatic heterocycles. The molecule has 2 unspecified atom stereocenters. The van der Waals surface area contributed by atoms with Gasteiger partial charge in [0, 0.05) is 19.5 Å². The van der Waals surface area contributed by atoms with Crippen LogP contribution in [0.4, 0.5) is 0 Å². The SMILES string of the molecule is COC(=O)CCCS(=O)(=O)N(C)C1CCCCC1C. The Bertz CT molecular complexity index is 393. The molecule has 1 aliphatic rings. The minimum absolute atomic E-state index is 0.0157. The summed E-state index contributed by atoms with van der Waals surface area (Å²) in [6.45, 7) is 2.12. The Hall–Kier alpha value is -0.620. The van der Waals surface area contributed by atoms with Gasteiger partial charge < -0.3 is 4.74 Å². The first-order valence-electron chi connectivity index (χ1n) is 6.91. The molecule has 5 nitrogen and oxygen atoms in total. The Morgan fingerprint density at radius 2 is 1.95 bits per heavy atom. The summed E-state index contributed by atoms with van der Waals surface area (Å²) in [6, 6.07) is 0.108. The van der Waals surface area contributed by atoms with Gasteiger partial charge in [-0.05, 0) is 25.2 Å². The predicted octanol–water partition coefficient (Wildman–Crippen LogP) is 1.78. The summed E-state index contributed by atoms with van der Waals surface area (Å²) in [6.07, 6.45) is 4.79. The fourth-order valence-corrected chi connectivity index (χ4v) is 4.21. The number of carbonyl (C=O) groups excluding carboxylic acids is 1. The summed E-state index contributed by atoms with van der Waals surface area (Å²) < 4.78 is 30.5. The van der Waals surface area contributed by atoms with Gasteiger partial charge in [-0.15, -0.1) is 0 Å². The van der Waals surface area contributed by atoms with Crippen molar-refractivity contribution in [3.8, 4) is 0 Å². The zero-order valence-corrected chi connectivity index (χ0v) is 12.9. The molecule has 1 aliphatic carbocycles. The molecule has 0 aliphatic heterocycles. The highest BCUT2D eigenvalue weighted by Crippen LogP contribution is 2.29. The first-order valence-corrected chi connectivity index (χ1v) is 8.52. The molecule has 0 saturated heterocycles. The van der Waals surface area contributed by atoms with E-state index in [4.69, 9.17) is 0 Å². The lowest BCUT2D eigenvalue weighted by Gasteiger charge is -2.35. The number of ether oxygens (including phenoxy) is 1. The summed E-state index contributed by atoms with van der Waals surface area (Å²) in [5, 5.41) is 0. The van der Waals surface area contributed by atoms with Crippen LogP contribution in [0.3, 0.4) is 0 Å². The molecule has 1 saturated carbocycles. The summed E-state index contributed by atoms with van der Waals surface area (Å²) >= 11 is 0. The van der Waals surface area contributed by atoms with Crippen molar-refractivity contribution in [1.29, 1.82) is 0 Å². The number of carbonyl (C=O) groups is 1.